The molecule has 0 N–H and O–H groups in total. The normalized spacial score (nSPS) is 11.3. The van der Waals surface area contributed by atoms with Crippen LogP contribution in [0.2, 0.25) is 0 Å². The van der Waals surface area contributed by atoms with Gasteiger partial charge in [-0.1, -0.05) is 78.9 Å². The summed E-state index contributed by atoms with van der Waals surface area (Å²) in [5.41, 5.74) is 7.01. The van der Waals surface area contributed by atoms with Crippen molar-refractivity contribution in [2.45, 2.75) is 0 Å². The lowest BCUT2D eigenvalue weighted by Gasteiger charge is -2.25. The highest BCUT2D eigenvalue weighted by Gasteiger charge is 2.15. The maximum absolute atomic E-state index is 2.39. The average Bonchev–Trinajstić information content (AvgIpc) is 3.27. The molecule has 0 atom stereocenters. The van der Waals surface area contributed by atoms with Crippen LogP contribution in [0.15, 0.2) is 146 Å². The van der Waals surface area contributed by atoms with Crippen molar-refractivity contribution in [2.24, 2.45) is 0 Å². The topological polar surface area (TPSA) is 8.17 Å². The Kier molecular flexibility index (Phi) is 4.82. The smallest absolute Gasteiger partial charge is 0.0547 e. The molecule has 0 radical (unpaired) electrons. The molecule has 7 rings (SSSR count). The molecule has 0 unspecified atom stereocenters. The lowest BCUT2D eigenvalue weighted by Crippen LogP contribution is -2.09. The summed E-state index contributed by atoms with van der Waals surface area (Å²) in [6.07, 6.45) is 0. The molecule has 0 amide bonds. The predicted octanol–water partition coefficient (Wildman–Crippen LogP) is 9.41. The van der Waals surface area contributed by atoms with Crippen molar-refractivity contribution in [2.75, 3.05) is 4.90 Å². The Labute approximate surface area is 210 Å². The summed E-state index contributed by atoms with van der Waals surface area (Å²) in [5.74, 6) is 0. The Morgan fingerprint density at radius 2 is 0.917 bits per heavy atom. The highest BCUT2D eigenvalue weighted by Crippen LogP contribution is 2.37. The fraction of sp³-hybridized carbons (Fsp3) is 0. The van der Waals surface area contributed by atoms with Gasteiger partial charge in [0.25, 0.3) is 0 Å². The highest BCUT2D eigenvalue weighted by molar-refractivity contribution is 6.13. The number of aromatic nitrogens is 1. The largest absolute Gasteiger partial charge is 0.311 e. The summed E-state index contributed by atoms with van der Waals surface area (Å²) in [4.78, 5) is 2.29. The third-order valence-electron chi connectivity index (χ3n) is 6.93. The van der Waals surface area contributed by atoms with E-state index in [4.69, 9.17) is 0 Å². The van der Waals surface area contributed by atoms with E-state index >= 15 is 0 Å². The Balaban J connectivity index is 1.41. The van der Waals surface area contributed by atoms with Gasteiger partial charge in [0, 0.05) is 33.5 Å². The van der Waals surface area contributed by atoms with Gasteiger partial charge in [-0.2, -0.15) is 0 Å². The zero-order valence-corrected chi connectivity index (χ0v) is 19.8. The second-order valence-corrected chi connectivity index (χ2v) is 9.09. The maximum Gasteiger partial charge on any atom is 0.0547 e. The Bertz CT molecular complexity index is 1780. The minimum atomic E-state index is 1.13. The van der Waals surface area contributed by atoms with E-state index in [9.17, 15) is 0 Å². The monoisotopic (exact) mass is 460 g/mol. The lowest BCUT2D eigenvalue weighted by molar-refractivity contribution is 1.17. The molecule has 0 bridgehead atoms. The number of benzene rings is 6. The predicted molar refractivity (Wildman–Crippen MR) is 153 cm³/mol. The number of hydrogen-bond acceptors (Lipinski definition) is 1. The van der Waals surface area contributed by atoms with Crippen molar-refractivity contribution >= 4 is 49.6 Å². The van der Waals surface area contributed by atoms with E-state index in [-0.39, 0.29) is 0 Å². The Hall–Kier alpha value is -4.82. The molecule has 7 aromatic rings. The van der Waals surface area contributed by atoms with Crippen LogP contribution >= 0.6 is 0 Å². The first kappa shape index (κ1) is 20.5. The number of anilines is 3. The zero-order chi connectivity index (χ0) is 23.9. The molecule has 1 aromatic heterocycles. The van der Waals surface area contributed by atoms with Crippen LogP contribution in [-0.4, -0.2) is 4.57 Å². The van der Waals surface area contributed by atoms with Gasteiger partial charge in [-0.3, -0.25) is 0 Å². The maximum atomic E-state index is 2.39. The highest BCUT2D eigenvalue weighted by atomic mass is 15.1. The molecule has 0 aliphatic carbocycles. The molecule has 0 aliphatic rings. The molecule has 2 nitrogen and oxygen atoms in total. The van der Waals surface area contributed by atoms with Crippen LogP contribution in [0.5, 0.6) is 0 Å². The fourth-order valence-electron chi connectivity index (χ4n) is 5.29. The van der Waals surface area contributed by atoms with Crippen molar-refractivity contribution in [1.82, 2.24) is 4.57 Å². The van der Waals surface area contributed by atoms with Crippen LogP contribution in [0.3, 0.4) is 0 Å². The molecule has 6 aromatic carbocycles. The zero-order valence-electron chi connectivity index (χ0n) is 19.8. The van der Waals surface area contributed by atoms with Gasteiger partial charge in [0.05, 0.1) is 11.0 Å². The van der Waals surface area contributed by atoms with Crippen molar-refractivity contribution in [3.05, 3.63) is 146 Å². The number of hydrogen-bond donors (Lipinski definition) is 0. The molecule has 170 valence electrons. The summed E-state index contributed by atoms with van der Waals surface area (Å²) >= 11 is 0. The van der Waals surface area contributed by atoms with Gasteiger partial charge in [0.15, 0.2) is 0 Å². The molecule has 0 spiro atoms. The SMILES string of the molecule is c1ccc(N(c2ccccc2)c2ccc(-n3c4ccccc4c4cc5ccccc5cc43)cc2)cc1. The molecule has 2 heteroatoms. The minimum absolute atomic E-state index is 1.13. The van der Waals surface area contributed by atoms with Crippen LogP contribution < -0.4 is 4.90 Å². The van der Waals surface area contributed by atoms with Crippen LogP contribution in [0.1, 0.15) is 0 Å². The van der Waals surface area contributed by atoms with Crippen molar-refractivity contribution in [1.29, 1.82) is 0 Å². The second-order valence-electron chi connectivity index (χ2n) is 9.09. The van der Waals surface area contributed by atoms with E-state index in [1.54, 1.807) is 0 Å². The molecular formula is C34H24N2. The molecule has 0 saturated carbocycles. The molecular weight excluding hydrogens is 436 g/mol. The first-order valence-corrected chi connectivity index (χ1v) is 12.3. The molecule has 0 aliphatic heterocycles. The Morgan fingerprint density at radius 3 is 1.58 bits per heavy atom. The third kappa shape index (κ3) is 3.35. The third-order valence-corrected chi connectivity index (χ3v) is 6.93. The second kappa shape index (κ2) is 8.44. The van der Waals surface area contributed by atoms with E-state index in [0.717, 1.165) is 22.7 Å². The number of para-hydroxylation sites is 3. The van der Waals surface area contributed by atoms with Crippen LogP contribution in [0.4, 0.5) is 17.1 Å². The van der Waals surface area contributed by atoms with Gasteiger partial charge in [-0.15, -0.1) is 0 Å². The molecule has 0 saturated heterocycles. The number of rotatable bonds is 4. The van der Waals surface area contributed by atoms with Crippen LogP contribution in [-0.2, 0) is 0 Å². The number of nitrogens with zero attached hydrogens (tertiary/aromatic N) is 2. The first-order valence-electron chi connectivity index (χ1n) is 12.3. The van der Waals surface area contributed by atoms with E-state index in [0.29, 0.717) is 0 Å². The number of fused-ring (bicyclic) bond motifs is 4. The van der Waals surface area contributed by atoms with E-state index in [2.05, 4.69) is 155 Å². The summed E-state index contributed by atoms with van der Waals surface area (Å²) < 4.78 is 2.39. The van der Waals surface area contributed by atoms with E-state index in [1.165, 1.54) is 32.6 Å². The average molecular weight is 461 g/mol. The van der Waals surface area contributed by atoms with Crippen LogP contribution in [0, 0.1) is 0 Å². The van der Waals surface area contributed by atoms with Gasteiger partial charge in [-0.25, -0.2) is 0 Å². The quantitative estimate of drug-likeness (QED) is 0.254. The summed E-state index contributed by atoms with van der Waals surface area (Å²) in [6.45, 7) is 0. The lowest BCUT2D eigenvalue weighted by atomic mass is 10.1. The standard InChI is InChI=1S/C34H24N2/c1-3-13-27(14-4-1)35(28-15-5-2-6-16-28)29-19-21-30(22-20-29)36-33-18-10-9-17-31(33)32-23-25-11-7-8-12-26(25)24-34(32)36/h1-24H. The summed E-state index contributed by atoms with van der Waals surface area (Å²) in [5, 5.41) is 5.08. The van der Waals surface area contributed by atoms with Crippen molar-refractivity contribution in [3.8, 4) is 5.69 Å². The van der Waals surface area contributed by atoms with Gasteiger partial charge in [0.1, 0.15) is 0 Å². The van der Waals surface area contributed by atoms with Gasteiger partial charge < -0.3 is 9.47 Å². The van der Waals surface area contributed by atoms with Gasteiger partial charge in [0.2, 0.25) is 0 Å². The molecule has 0 fully saturated rings. The van der Waals surface area contributed by atoms with E-state index < -0.39 is 0 Å². The minimum Gasteiger partial charge on any atom is -0.311 e. The van der Waals surface area contributed by atoms with Gasteiger partial charge >= 0.3 is 0 Å². The van der Waals surface area contributed by atoms with Crippen molar-refractivity contribution in [3.63, 3.8) is 0 Å². The van der Waals surface area contributed by atoms with E-state index in [1.807, 2.05) is 0 Å². The van der Waals surface area contributed by atoms with Crippen LogP contribution in [0.25, 0.3) is 38.3 Å². The summed E-state index contributed by atoms with van der Waals surface area (Å²) in [7, 11) is 0. The molecule has 1 heterocycles. The van der Waals surface area contributed by atoms with Crippen molar-refractivity contribution < 1.29 is 0 Å². The fourth-order valence-corrected chi connectivity index (χ4v) is 5.29. The summed E-state index contributed by atoms with van der Waals surface area (Å²) in [6, 6.07) is 51.9. The Morgan fingerprint density at radius 1 is 0.389 bits per heavy atom. The molecule has 36 heavy (non-hydrogen) atoms. The van der Waals surface area contributed by atoms with Gasteiger partial charge in [-0.05, 0) is 77.5 Å². The first-order chi connectivity index (χ1) is 17.9.